The number of nitrogens with zero attached hydrogens (tertiary/aromatic N) is 1. The third-order valence-electron chi connectivity index (χ3n) is 9.90. The molecule has 1 aliphatic rings. The largest absolute Gasteiger partial charge is 0.351 e. The summed E-state index contributed by atoms with van der Waals surface area (Å²) in [6, 6.07) is 37.8. The van der Waals surface area contributed by atoms with Crippen molar-refractivity contribution in [2.45, 2.75) is 70.1 Å². The fraction of sp³-hybridized carbons (Fsp3) is 0.273. The molecule has 0 radical (unpaired) electrons. The molecule has 0 N–H and O–H groups in total. The van der Waals surface area contributed by atoms with Gasteiger partial charge in [-0.2, -0.15) is 0 Å². The van der Waals surface area contributed by atoms with Crippen LogP contribution in [0.4, 0.5) is 5.69 Å². The number of hydrogen-bond donors (Lipinski definition) is 0. The Kier molecular flexibility index (Phi) is 9.49. The SMILES string of the molecule is C=CCC(C)(/C=C\N(C)c1ccc2c(c1)C(C)(C)C/C=C(C)\C=C/C2)c1ccccc1C(C)(c1ccccc1)c1ccccc1. The highest BCUT2D eigenvalue weighted by Crippen LogP contribution is 2.45. The Morgan fingerprint density at radius 3 is 2.04 bits per heavy atom. The van der Waals surface area contributed by atoms with Crippen molar-refractivity contribution in [1.82, 2.24) is 0 Å². The molecule has 0 amide bonds. The molecular weight excluding hydrogens is 542 g/mol. The molecule has 4 aromatic rings. The number of hydrogen-bond acceptors (Lipinski definition) is 1. The van der Waals surface area contributed by atoms with Crippen LogP contribution in [0.5, 0.6) is 0 Å². The monoisotopic (exact) mass is 591 g/mol. The second-order valence-corrected chi connectivity index (χ2v) is 13.7. The normalized spacial score (nSPS) is 18.0. The van der Waals surface area contributed by atoms with Crippen LogP contribution in [0, 0.1) is 0 Å². The van der Waals surface area contributed by atoms with E-state index in [1.165, 1.54) is 44.6 Å². The zero-order chi connectivity index (χ0) is 32.1. The number of rotatable bonds is 9. The Morgan fingerprint density at radius 1 is 0.822 bits per heavy atom. The number of anilines is 1. The predicted octanol–water partition coefficient (Wildman–Crippen LogP) is 11.3. The summed E-state index contributed by atoms with van der Waals surface area (Å²) in [7, 11) is 2.17. The van der Waals surface area contributed by atoms with E-state index >= 15 is 0 Å². The number of allylic oxidation sites excluding steroid dienone is 6. The van der Waals surface area contributed by atoms with Crippen LogP contribution in [0.25, 0.3) is 0 Å². The summed E-state index contributed by atoms with van der Waals surface area (Å²) in [4.78, 5) is 2.28. The lowest BCUT2D eigenvalue weighted by Gasteiger charge is -2.38. The Labute approximate surface area is 272 Å². The third-order valence-corrected chi connectivity index (χ3v) is 9.90. The Balaban J connectivity index is 1.57. The number of fused-ring (bicyclic) bond motifs is 1. The first-order valence-corrected chi connectivity index (χ1v) is 16.3. The van der Waals surface area contributed by atoms with E-state index in [2.05, 4.69) is 193 Å². The minimum Gasteiger partial charge on any atom is -0.351 e. The van der Waals surface area contributed by atoms with Crippen molar-refractivity contribution in [1.29, 1.82) is 0 Å². The van der Waals surface area contributed by atoms with E-state index in [9.17, 15) is 0 Å². The van der Waals surface area contributed by atoms with Crippen LogP contribution in [-0.2, 0) is 22.7 Å². The molecule has 45 heavy (non-hydrogen) atoms. The van der Waals surface area contributed by atoms with E-state index in [4.69, 9.17) is 0 Å². The van der Waals surface area contributed by atoms with Gasteiger partial charge in [0.2, 0.25) is 0 Å². The number of benzene rings is 4. The molecule has 1 atom stereocenters. The molecular formula is C44H49N. The van der Waals surface area contributed by atoms with Gasteiger partial charge in [0.15, 0.2) is 0 Å². The van der Waals surface area contributed by atoms with Crippen LogP contribution in [0.3, 0.4) is 0 Å². The van der Waals surface area contributed by atoms with E-state index in [1.807, 2.05) is 0 Å². The Bertz CT molecular complexity index is 1660. The lowest BCUT2D eigenvalue weighted by atomic mass is 9.65. The summed E-state index contributed by atoms with van der Waals surface area (Å²) < 4.78 is 0. The van der Waals surface area contributed by atoms with Crippen LogP contribution in [0.15, 0.2) is 152 Å². The molecule has 1 heteroatoms. The maximum atomic E-state index is 4.20. The molecule has 1 unspecified atom stereocenters. The fourth-order valence-electron chi connectivity index (χ4n) is 6.93. The standard InChI is InChI=1S/C44H49N/c1-8-29-43(5,31-32-45(7)38-27-26-35-19-17-18-34(2)28-30-42(3,4)41(35)33-38)39-24-15-16-25-40(39)44(6,36-20-11-9-12-21-36)37-22-13-10-14-23-37/h8-18,20-28,31-33H,1,19,29-30H2,2-7H3/b18-17-,32-31-,34-28-. The first-order chi connectivity index (χ1) is 21.6. The van der Waals surface area contributed by atoms with Gasteiger partial charge in [-0.3, -0.25) is 0 Å². The zero-order valence-corrected chi connectivity index (χ0v) is 28.1. The maximum Gasteiger partial charge on any atom is 0.0426 e. The molecule has 4 aromatic carbocycles. The molecule has 0 saturated heterocycles. The zero-order valence-electron chi connectivity index (χ0n) is 28.1. The lowest BCUT2D eigenvalue weighted by molar-refractivity contribution is 0.529. The summed E-state index contributed by atoms with van der Waals surface area (Å²) >= 11 is 0. The van der Waals surface area contributed by atoms with Gasteiger partial charge >= 0.3 is 0 Å². The average Bonchev–Trinajstić information content (AvgIpc) is 3.12. The van der Waals surface area contributed by atoms with Gasteiger partial charge in [-0.15, -0.1) is 6.58 Å². The second-order valence-electron chi connectivity index (χ2n) is 13.7. The van der Waals surface area contributed by atoms with Gasteiger partial charge in [-0.05, 0) is 84.0 Å². The molecule has 1 aliphatic carbocycles. The van der Waals surface area contributed by atoms with E-state index in [0.29, 0.717) is 0 Å². The third kappa shape index (κ3) is 6.69. The van der Waals surface area contributed by atoms with Crippen LogP contribution in [-0.4, -0.2) is 7.05 Å². The molecule has 0 fully saturated rings. The van der Waals surface area contributed by atoms with Crippen molar-refractivity contribution in [2.24, 2.45) is 0 Å². The summed E-state index contributed by atoms with van der Waals surface area (Å²) in [6.07, 6.45) is 16.4. The van der Waals surface area contributed by atoms with Crippen LogP contribution < -0.4 is 4.90 Å². The molecule has 1 nitrogen and oxygen atoms in total. The van der Waals surface area contributed by atoms with E-state index < -0.39 is 0 Å². The predicted molar refractivity (Wildman–Crippen MR) is 195 cm³/mol. The molecule has 0 aliphatic heterocycles. The van der Waals surface area contributed by atoms with Gasteiger partial charge in [-0.25, -0.2) is 0 Å². The maximum absolute atomic E-state index is 4.20. The summed E-state index contributed by atoms with van der Waals surface area (Å²) in [5.74, 6) is 0. The van der Waals surface area contributed by atoms with Gasteiger partial charge in [0, 0.05) is 29.8 Å². The van der Waals surface area contributed by atoms with Gasteiger partial charge in [0.25, 0.3) is 0 Å². The summed E-state index contributed by atoms with van der Waals surface area (Å²) in [5, 5.41) is 0. The molecule has 0 bridgehead atoms. The minimum atomic E-state index is -0.331. The Morgan fingerprint density at radius 2 is 1.42 bits per heavy atom. The van der Waals surface area contributed by atoms with Crippen LogP contribution in [0.1, 0.15) is 80.8 Å². The van der Waals surface area contributed by atoms with Crippen molar-refractivity contribution in [3.05, 3.63) is 185 Å². The summed E-state index contributed by atoms with van der Waals surface area (Å²) in [6.45, 7) is 15.9. The van der Waals surface area contributed by atoms with E-state index in [1.54, 1.807) is 0 Å². The first kappa shape index (κ1) is 32.0. The minimum absolute atomic E-state index is 0.0544. The Hall–Kier alpha value is -4.36. The highest BCUT2D eigenvalue weighted by molar-refractivity contribution is 5.57. The second kappa shape index (κ2) is 13.3. The van der Waals surface area contributed by atoms with Crippen molar-refractivity contribution in [3.63, 3.8) is 0 Å². The van der Waals surface area contributed by atoms with Crippen molar-refractivity contribution < 1.29 is 0 Å². The van der Waals surface area contributed by atoms with E-state index in [0.717, 1.165) is 19.3 Å². The molecule has 0 spiro atoms. The lowest BCUT2D eigenvalue weighted by Crippen LogP contribution is -2.31. The fourth-order valence-corrected chi connectivity index (χ4v) is 6.93. The molecule has 0 heterocycles. The molecule has 5 rings (SSSR count). The van der Waals surface area contributed by atoms with E-state index in [-0.39, 0.29) is 16.2 Å². The van der Waals surface area contributed by atoms with Crippen LogP contribution in [0.2, 0.25) is 0 Å². The van der Waals surface area contributed by atoms with Gasteiger partial charge in [0.1, 0.15) is 0 Å². The smallest absolute Gasteiger partial charge is 0.0426 e. The topological polar surface area (TPSA) is 3.24 Å². The quantitative estimate of drug-likeness (QED) is 0.138. The first-order valence-electron chi connectivity index (χ1n) is 16.3. The molecule has 0 aromatic heterocycles. The van der Waals surface area contributed by atoms with Crippen LogP contribution >= 0.6 is 0 Å². The van der Waals surface area contributed by atoms with Crippen molar-refractivity contribution in [2.75, 3.05) is 11.9 Å². The van der Waals surface area contributed by atoms with Gasteiger partial charge in [-0.1, -0.05) is 148 Å². The van der Waals surface area contributed by atoms with Gasteiger partial charge in [0.05, 0.1) is 0 Å². The van der Waals surface area contributed by atoms with Gasteiger partial charge < -0.3 is 4.90 Å². The molecule has 0 saturated carbocycles. The summed E-state index contributed by atoms with van der Waals surface area (Å²) in [5.41, 5.74) is 10.0. The highest BCUT2D eigenvalue weighted by atomic mass is 15.1. The van der Waals surface area contributed by atoms with Crippen molar-refractivity contribution >= 4 is 5.69 Å². The molecule has 230 valence electrons. The van der Waals surface area contributed by atoms with Crippen molar-refractivity contribution in [3.8, 4) is 0 Å². The average molecular weight is 592 g/mol. The highest BCUT2D eigenvalue weighted by Gasteiger charge is 2.37.